The molecule has 3 amide bonds. The Morgan fingerprint density at radius 1 is 0.805 bits per heavy atom. The van der Waals surface area contributed by atoms with Crippen LogP contribution >= 0.6 is 0 Å². The maximum atomic E-state index is 13.6. The zero-order valence-electron chi connectivity index (χ0n) is 22.8. The fourth-order valence-corrected chi connectivity index (χ4v) is 6.02. The van der Waals surface area contributed by atoms with Crippen molar-refractivity contribution < 1.29 is 14.4 Å². The largest absolute Gasteiger partial charge is 0.344 e. The molecule has 0 spiro atoms. The first-order valence-electron chi connectivity index (χ1n) is 13.7. The van der Waals surface area contributed by atoms with Crippen LogP contribution in [0.25, 0.3) is 22.4 Å². The lowest BCUT2D eigenvalue weighted by atomic mass is 9.94. The molecule has 1 saturated carbocycles. The average Bonchev–Trinajstić information content (AvgIpc) is 3.45. The van der Waals surface area contributed by atoms with Crippen LogP contribution in [0.4, 0.5) is 5.82 Å². The highest BCUT2D eigenvalue weighted by atomic mass is 16.2. The van der Waals surface area contributed by atoms with Gasteiger partial charge in [-0.15, -0.1) is 6.42 Å². The van der Waals surface area contributed by atoms with Crippen LogP contribution < -0.4 is 11.5 Å². The first kappa shape index (κ1) is 27.6. The van der Waals surface area contributed by atoms with Crippen LogP contribution in [-0.4, -0.2) is 33.7 Å². The minimum Gasteiger partial charge on any atom is -0.344 e. The van der Waals surface area contributed by atoms with E-state index in [2.05, 4.69) is 27.9 Å². The molecule has 4 aromatic rings. The number of terminal acetylenes is 1. The van der Waals surface area contributed by atoms with E-state index in [4.69, 9.17) is 6.42 Å². The maximum absolute atomic E-state index is 13.6. The summed E-state index contributed by atoms with van der Waals surface area (Å²) >= 11 is 0. The first-order chi connectivity index (χ1) is 19.6. The highest BCUT2D eigenvalue weighted by Gasteiger charge is 2.37. The number of aromatic nitrogens is 1. The molecule has 0 radical (unpaired) electrons. The van der Waals surface area contributed by atoms with Gasteiger partial charge in [-0.2, -0.15) is 0 Å². The maximum Gasteiger partial charge on any atom is 0.262 e. The van der Waals surface area contributed by atoms with Crippen LogP contribution in [0.5, 0.6) is 0 Å². The molecule has 0 unspecified atom stereocenters. The Hall–Kier alpha value is -4.93. The predicted octanol–water partition coefficient (Wildman–Crippen LogP) is 6.71. The second kappa shape index (κ2) is 11.7. The predicted molar refractivity (Wildman–Crippen MR) is 161 cm³/mol. The third-order valence-electron chi connectivity index (χ3n) is 7.84. The Kier molecular flexibility index (Phi) is 7.86. The van der Waals surface area contributed by atoms with Gasteiger partial charge in [-0.1, -0.05) is 98.0 Å². The Morgan fingerprint density at radius 3 is 1.90 bits per heavy atom. The van der Waals surface area contributed by atoms with Crippen molar-refractivity contribution in [3.8, 4) is 34.7 Å². The zero-order chi connectivity index (χ0) is 27.6. The van der Waals surface area contributed by atoms with Crippen LogP contribution in [0.15, 0.2) is 84.9 Å². The number of rotatable bonds is 6. The summed E-state index contributed by atoms with van der Waals surface area (Å²) < 4.78 is 2.20. The summed E-state index contributed by atoms with van der Waals surface area (Å²) in [6.45, 7) is -0.395. The van der Waals surface area contributed by atoms with Gasteiger partial charge in [0.25, 0.3) is 11.8 Å². The molecular weight excluding hydrogens is 512 g/mol. The third kappa shape index (κ3) is 4.94. The van der Waals surface area contributed by atoms with Crippen molar-refractivity contribution in [3.63, 3.8) is 0 Å². The van der Waals surface area contributed by atoms with E-state index >= 15 is 0 Å². The second-order valence-electron chi connectivity index (χ2n) is 10.3. The van der Waals surface area contributed by atoms with Gasteiger partial charge in [0, 0.05) is 11.6 Å². The van der Waals surface area contributed by atoms with E-state index in [1.54, 1.807) is 24.3 Å². The van der Waals surface area contributed by atoms with Gasteiger partial charge < -0.3 is 16.0 Å². The van der Waals surface area contributed by atoms with E-state index < -0.39 is 24.3 Å². The van der Waals surface area contributed by atoms with Crippen LogP contribution in [0.1, 0.15) is 64.4 Å². The van der Waals surface area contributed by atoms with E-state index in [1.165, 1.54) is 6.42 Å². The Balaban J connectivity index is 0.00000337. The van der Waals surface area contributed by atoms with Gasteiger partial charge in [-0.05, 0) is 36.1 Å². The number of hydrogen-bond acceptors (Lipinski definition) is 4. The Morgan fingerprint density at radius 2 is 1.34 bits per heavy atom. The van der Waals surface area contributed by atoms with Gasteiger partial charge in [-0.25, -0.2) is 0 Å². The van der Waals surface area contributed by atoms with E-state index in [0.717, 1.165) is 53.0 Å². The van der Waals surface area contributed by atoms with Crippen molar-refractivity contribution >= 4 is 23.5 Å². The first-order valence-corrected chi connectivity index (χ1v) is 13.7. The van der Waals surface area contributed by atoms with Crippen LogP contribution in [0.2, 0.25) is 0 Å². The fraction of sp³-hybridized carbons (Fsp3) is 0.206. The van der Waals surface area contributed by atoms with E-state index in [9.17, 15) is 14.4 Å². The Labute approximate surface area is 239 Å². The summed E-state index contributed by atoms with van der Waals surface area (Å²) in [5.41, 5.74) is 5.02. The van der Waals surface area contributed by atoms with Crippen molar-refractivity contribution in [3.05, 3.63) is 102 Å². The molecule has 1 aromatic heterocycles. The number of carbonyl (C=O) groups excluding carboxylic acids is 3. The Bertz CT molecular complexity index is 1610. The number of nitrogens with zero attached hydrogens (tertiary/aromatic N) is 2. The van der Waals surface area contributed by atoms with Crippen molar-refractivity contribution in [2.75, 3.05) is 11.9 Å². The van der Waals surface area contributed by atoms with E-state index in [-0.39, 0.29) is 12.2 Å². The molecule has 1 fully saturated rings. The SMILES string of the molecule is C#Cc1c(-c2ccccc2)c(-c2ccccc2)n(C2CCCCC2)c1NC(=O)CN1C(=O)c2ccccc2C1=O.N. The van der Waals surface area contributed by atoms with Crippen molar-refractivity contribution in [1.29, 1.82) is 0 Å². The topological polar surface area (TPSA) is 106 Å². The van der Waals surface area contributed by atoms with Crippen molar-refractivity contribution in [2.45, 2.75) is 38.1 Å². The number of benzene rings is 3. The summed E-state index contributed by atoms with van der Waals surface area (Å²) in [5, 5.41) is 3.06. The van der Waals surface area contributed by atoms with Crippen LogP contribution in [0, 0.1) is 12.3 Å². The summed E-state index contributed by atoms with van der Waals surface area (Å²) in [6.07, 6.45) is 11.5. The monoisotopic (exact) mass is 544 g/mol. The third-order valence-corrected chi connectivity index (χ3v) is 7.84. The fourth-order valence-electron chi connectivity index (χ4n) is 6.02. The highest BCUT2D eigenvalue weighted by molar-refractivity contribution is 6.22. The number of anilines is 1. The van der Waals surface area contributed by atoms with Crippen LogP contribution in [-0.2, 0) is 4.79 Å². The molecule has 206 valence electrons. The van der Waals surface area contributed by atoms with Gasteiger partial charge in [-0.3, -0.25) is 19.3 Å². The average molecular weight is 545 g/mol. The standard InChI is InChI=1S/C34H29N3O3.H3N/c1-2-26-30(23-14-6-3-7-15-23)31(24-16-8-4-9-17-24)37(25-18-10-5-11-19-25)32(26)35-29(38)22-36-33(39)27-20-12-13-21-28(27)34(36)40;/h1,3-4,6-9,12-17,20-21,25H,5,10-11,18-19,22H2,(H,35,38);1H3. The van der Waals surface area contributed by atoms with E-state index in [0.29, 0.717) is 22.5 Å². The molecule has 1 aliphatic heterocycles. The summed E-state index contributed by atoms with van der Waals surface area (Å²) in [4.78, 5) is 40.5. The molecule has 41 heavy (non-hydrogen) atoms. The quantitative estimate of drug-likeness (QED) is 0.208. The molecule has 0 atom stereocenters. The minimum absolute atomic E-state index is 0. The lowest BCUT2D eigenvalue weighted by Crippen LogP contribution is -2.37. The second-order valence-corrected chi connectivity index (χ2v) is 10.3. The lowest BCUT2D eigenvalue weighted by Gasteiger charge is -2.28. The normalized spacial score (nSPS) is 14.8. The number of imide groups is 1. The number of amides is 3. The van der Waals surface area contributed by atoms with E-state index in [1.807, 2.05) is 48.5 Å². The highest BCUT2D eigenvalue weighted by Crippen LogP contribution is 2.46. The van der Waals surface area contributed by atoms with Gasteiger partial charge >= 0.3 is 0 Å². The molecule has 7 heteroatoms. The summed E-state index contributed by atoms with van der Waals surface area (Å²) in [5.74, 6) is 2.01. The number of carbonyl (C=O) groups is 3. The molecule has 0 bridgehead atoms. The molecule has 7 nitrogen and oxygen atoms in total. The number of nitrogens with one attached hydrogen (secondary N) is 1. The lowest BCUT2D eigenvalue weighted by molar-refractivity contribution is -0.116. The molecular formula is C34H32N4O3. The molecule has 1 aliphatic carbocycles. The molecule has 2 heterocycles. The minimum atomic E-state index is -0.472. The summed E-state index contributed by atoms with van der Waals surface area (Å²) in [7, 11) is 0. The van der Waals surface area contributed by atoms with Gasteiger partial charge in [0.05, 0.1) is 22.4 Å². The summed E-state index contributed by atoms with van der Waals surface area (Å²) in [6, 6.07) is 26.8. The van der Waals surface area contributed by atoms with Crippen LogP contribution in [0.3, 0.4) is 0 Å². The zero-order valence-corrected chi connectivity index (χ0v) is 22.8. The van der Waals surface area contributed by atoms with Crippen molar-refractivity contribution in [1.82, 2.24) is 15.6 Å². The van der Waals surface area contributed by atoms with Gasteiger partial charge in [0.15, 0.2) is 0 Å². The van der Waals surface area contributed by atoms with Gasteiger partial charge in [0.1, 0.15) is 12.4 Å². The molecule has 2 aliphatic rings. The molecule has 6 rings (SSSR count). The van der Waals surface area contributed by atoms with Gasteiger partial charge in [0.2, 0.25) is 5.91 Å². The van der Waals surface area contributed by atoms with Crippen molar-refractivity contribution in [2.24, 2.45) is 0 Å². The number of hydrogen-bond donors (Lipinski definition) is 2. The molecule has 4 N–H and O–H groups in total. The number of fused-ring (bicyclic) bond motifs is 1. The molecule has 3 aromatic carbocycles. The molecule has 0 saturated heterocycles. The smallest absolute Gasteiger partial charge is 0.262 e.